The maximum Gasteiger partial charge on any atom is 0.316 e. The molecule has 1 aliphatic rings. The fourth-order valence-corrected chi connectivity index (χ4v) is 3.80. The van der Waals surface area contributed by atoms with Crippen LogP contribution in [0.25, 0.3) is 0 Å². The number of hydrogen-bond donors (Lipinski definition) is 1. The molecule has 0 radical (unpaired) electrons. The highest BCUT2D eigenvalue weighted by atomic mass is 32.2. The van der Waals surface area contributed by atoms with Gasteiger partial charge in [0.05, 0.1) is 5.75 Å². The average Bonchev–Trinajstić information content (AvgIpc) is 3.18. The highest BCUT2D eigenvalue weighted by Crippen LogP contribution is 2.27. The summed E-state index contributed by atoms with van der Waals surface area (Å²) in [5, 5.41) is 2.72. The smallest absolute Gasteiger partial charge is 0.316 e. The average molecular weight is 397 g/mol. The number of ketones is 1. The first-order chi connectivity index (χ1) is 13.5. The van der Waals surface area contributed by atoms with Gasteiger partial charge in [0, 0.05) is 22.6 Å². The van der Waals surface area contributed by atoms with Gasteiger partial charge in [-0.2, -0.15) is 0 Å². The van der Waals surface area contributed by atoms with Crippen molar-refractivity contribution in [3.63, 3.8) is 0 Å². The van der Waals surface area contributed by atoms with Crippen LogP contribution in [0.4, 0.5) is 5.69 Å². The van der Waals surface area contributed by atoms with E-state index < -0.39 is 5.97 Å². The first-order valence-corrected chi connectivity index (χ1v) is 10.4. The molecule has 146 valence electrons. The molecule has 5 nitrogen and oxygen atoms in total. The number of nitrogens with one attached hydrogen (secondary N) is 1. The number of aryl methyl sites for hydroxylation is 2. The molecule has 1 aliphatic carbocycles. The summed E-state index contributed by atoms with van der Waals surface area (Å²) >= 11 is 1.43. The Bertz CT molecular complexity index is 877. The third-order valence-electron chi connectivity index (χ3n) is 4.60. The summed E-state index contributed by atoms with van der Waals surface area (Å²) in [6, 6.07) is 12.8. The monoisotopic (exact) mass is 397 g/mol. The number of thioether (sulfide) groups is 1. The van der Waals surface area contributed by atoms with E-state index in [9.17, 15) is 14.4 Å². The highest BCUT2D eigenvalue weighted by molar-refractivity contribution is 8.00. The summed E-state index contributed by atoms with van der Waals surface area (Å²) in [5.41, 5.74) is 3.84. The van der Waals surface area contributed by atoms with E-state index in [2.05, 4.69) is 17.4 Å². The predicted octanol–water partition coefficient (Wildman–Crippen LogP) is 4.04. The van der Waals surface area contributed by atoms with Gasteiger partial charge in [0.2, 0.25) is 5.91 Å². The first-order valence-electron chi connectivity index (χ1n) is 9.38. The molecule has 0 fully saturated rings. The fourth-order valence-electron chi connectivity index (χ4n) is 3.04. The van der Waals surface area contributed by atoms with Gasteiger partial charge in [-0.15, -0.1) is 11.8 Å². The summed E-state index contributed by atoms with van der Waals surface area (Å²) < 4.78 is 5.11. The van der Waals surface area contributed by atoms with Crippen LogP contribution in [-0.4, -0.2) is 30.0 Å². The van der Waals surface area contributed by atoms with E-state index in [1.165, 1.54) is 29.3 Å². The molecule has 3 rings (SSSR count). The standard InChI is InChI=1S/C22H23NO4S/c1-2-21(25)23-18-9-6-16(7-10-18)20(24)13-27-22(26)14-28-19-11-8-15-4-3-5-17(15)12-19/h6-12H,2-5,13-14H2,1H3,(H,23,25). The Kier molecular flexibility index (Phi) is 6.87. The number of rotatable bonds is 8. The molecule has 2 aromatic carbocycles. The van der Waals surface area contributed by atoms with Crippen molar-refractivity contribution in [1.29, 1.82) is 0 Å². The molecule has 0 bridgehead atoms. The Hall–Kier alpha value is -2.60. The van der Waals surface area contributed by atoms with E-state index in [1.54, 1.807) is 31.2 Å². The van der Waals surface area contributed by atoms with E-state index >= 15 is 0 Å². The van der Waals surface area contributed by atoms with Crippen LogP contribution in [0.2, 0.25) is 0 Å². The van der Waals surface area contributed by atoms with Crippen molar-refractivity contribution in [1.82, 2.24) is 0 Å². The normalized spacial score (nSPS) is 12.3. The number of esters is 1. The molecule has 0 unspecified atom stereocenters. The number of benzene rings is 2. The summed E-state index contributed by atoms with van der Waals surface area (Å²) in [6.45, 7) is 1.48. The molecule has 6 heteroatoms. The zero-order chi connectivity index (χ0) is 19.9. The Labute approximate surface area is 168 Å². The zero-order valence-corrected chi connectivity index (χ0v) is 16.6. The molecule has 0 atom stereocenters. The van der Waals surface area contributed by atoms with E-state index in [0.29, 0.717) is 17.7 Å². The second kappa shape index (κ2) is 9.55. The lowest BCUT2D eigenvalue weighted by Gasteiger charge is -2.07. The molecule has 0 aliphatic heterocycles. The van der Waals surface area contributed by atoms with E-state index in [1.807, 2.05) is 6.07 Å². The van der Waals surface area contributed by atoms with Crippen LogP contribution in [0.15, 0.2) is 47.4 Å². The van der Waals surface area contributed by atoms with Gasteiger partial charge in [-0.1, -0.05) is 13.0 Å². The van der Waals surface area contributed by atoms with Crippen molar-refractivity contribution in [2.75, 3.05) is 17.7 Å². The number of amides is 1. The second-order valence-electron chi connectivity index (χ2n) is 6.64. The zero-order valence-electron chi connectivity index (χ0n) is 15.8. The van der Waals surface area contributed by atoms with Gasteiger partial charge < -0.3 is 10.1 Å². The molecule has 0 saturated carbocycles. The molecule has 0 aromatic heterocycles. The lowest BCUT2D eigenvalue weighted by Crippen LogP contribution is -2.15. The molecular weight excluding hydrogens is 374 g/mol. The lowest BCUT2D eigenvalue weighted by molar-refractivity contribution is -0.139. The Balaban J connectivity index is 1.43. The van der Waals surface area contributed by atoms with Gasteiger partial charge in [0.1, 0.15) is 0 Å². The number of ether oxygens (including phenoxy) is 1. The fraction of sp³-hybridized carbons (Fsp3) is 0.318. The van der Waals surface area contributed by atoms with Crippen LogP contribution in [0.5, 0.6) is 0 Å². The Morgan fingerprint density at radius 2 is 1.79 bits per heavy atom. The van der Waals surface area contributed by atoms with Crippen LogP contribution >= 0.6 is 11.8 Å². The molecule has 1 amide bonds. The van der Waals surface area contributed by atoms with Crippen LogP contribution in [0.3, 0.4) is 0 Å². The maximum absolute atomic E-state index is 12.2. The van der Waals surface area contributed by atoms with Crippen molar-refractivity contribution in [2.24, 2.45) is 0 Å². The summed E-state index contributed by atoms with van der Waals surface area (Å²) in [7, 11) is 0. The SMILES string of the molecule is CCC(=O)Nc1ccc(C(=O)COC(=O)CSc2ccc3c(c2)CCC3)cc1. The first kappa shape index (κ1) is 20.1. The van der Waals surface area contributed by atoms with Gasteiger partial charge >= 0.3 is 5.97 Å². The Morgan fingerprint density at radius 3 is 2.54 bits per heavy atom. The summed E-state index contributed by atoms with van der Waals surface area (Å²) in [4.78, 5) is 36.5. The van der Waals surface area contributed by atoms with E-state index in [4.69, 9.17) is 4.74 Å². The van der Waals surface area contributed by atoms with Crippen LogP contribution in [-0.2, 0) is 27.2 Å². The molecule has 0 saturated heterocycles. The minimum Gasteiger partial charge on any atom is -0.457 e. The minimum absolute atomic E-state index is 0.0890. The van der Waals surface area contributed by atoms with Gasteiger partial charge in [-0.05, 0) is 66.8 Å². The molecule has 0 heterocycles. The van der Waals surface area contributed by atoms with E-state index in [0.717, 1.165) is 17.7 Å². The third kappa shape index (κ3) is 5.45. The largest absolute Gasteiger partial charge is 0.457 e. The van der Waals surface area contributed by atoms with Crippen LogP contribution in [0.1, 0.15) is 41.3 Å². The van der Waals surface area contributed by atoms with Crippen molar-refractivity contribution in [3.05, 3.63) is 59.2 Å². The maximum atomic E-state index is 12.2. The van der Waals surface area contributed by atoms with Crippen molar-refractivity contribution in [3.8, 4) is 0 Å². The number of Topliss-reactive ketones (excluding diaryl/α,β-unsaturated/α-hetero) is 1. The van der Waals surface area contributed by atoms with Gasteiger partial charge in [-0.3, -0.25) is 14.4 Å². The topological polar surface area (TPSA) is 72.5 Å². The summed E-state index contributed by atoms with van der Waals surface area (Å²) in [5.74, 6) is -0.600. The Morgan fingerprint density at radius 1 is 1.04 bits per heavy atom. The predicted molar refractivity (Wildman–Crippen MR) is 110 cm³/mol. The molecule has 0 spiro atoms. The number of anilines is 1. The van der Waals surface area contributed by atoms with Gasteiger partial charge in [-0.25, -0.2) is 0 Å². The van der Waals surface area contributed by atoms with Crippen LogP contribution < -0.4 is 5.32 Å². The number of hydrogen-bond acceptors (Lipinski definition) is 5. The molecular formula is C22H23NO4S. The van der Waals surface area contributed by atoms with E-state index in [-0.39, 0.29) is 24.1 Å². The molecule has 2 aromatic rings. The third-order valence-corrected chi connectivity index (χ3v) is 5.57. The summed E-state index contributed by atoms with van der Waals surface area (Å²) in [6.07, 6.45) is 3.82. The number of carbonyl (C=O) groups excluding carboxylic acids is 3. The lowest BCUT2D eigenvalue weighted by atomic mass is 10.1. The quantitative estimate of drug-likeness (QED) is 0.413. The van der Waals surface area contributed by atoms with Gasteiger partial charge in [0.15, 0.2) is 12.4 Å². The number of carbonyl (C=O) groups is 3. The minimum atomic E-state index is -0.411. The molecule has 1 N–H and O–H groups in total. The van der Waals surface area contributed by atoms with Crippen LogP contribution in [0, 0.1) is 0 Å². The van der Waals surface area contributed by atoms with Crippen molar-refractivity contribution < 1.29 is 19.1 Å². The van der Waals surface area contributed by atoms with Crippen molar-refractivity contribution in [2.45, 2.75) is 37.5 Å². The van der Waals surface area contributed by atoms with Crippen molar-refractivity contribution >= 4 is 35.1 Å². The molecule has 28 heavy (non-hydrogen) atoms. The highest BCUT2D eigenvalue weighted by Gasteiger charge is 2.13. The second-order valence-corrected chi connectivity index (χ2v) is 7.68. The van der Waals surface area contributed by atoms with Gasteiger partial charge in [0.25, 0.3) is 0 Å². The number of fused-ring (bicyclic) bond motifs is 1.